The highest BCUT2D eigenvalue weighted by molar-refractivity contribution is 7.99. The smallest absolute Gasteiger partial charge is 0.234 e. The van der Waals surface area contributed by atoms with E-state index in [2.05, 4.69) is 38.2 Å². The highest BCUT2D eigenvalue weighted by Gasteiger charge is 2.08. The molecule has 0 aliphatic carbocycles. The van der Waals surface area contributed by atoms with Crippen molar-refractivity contribution in [2.24, 2.45) is 0 Å². The molecule has 0 heterocycles. The molecular formula is C21H27NO2S. The van der Waals surface area contributed by atoms with Crippen molar-refractivity contribution in [1.82, 2.24) is 0 Å². The zero-order valence-corrected chi connectivity index (χ0v) is 16.3. The number of nitrogens with one attached hydrogen (secondary N) is 1. The van der Waals surface area contributed by atoms with Crippen LogP contribution in [0.25, 0.3) is 0 Å². The molecule has 0 saturated carbocycles. The monoisotopic (exact) mass is 357 g/mol. The summed E-state index contributed by atoms with van der Waals surface area (Å²) in [6.45, 7) is 8.86. The molecule has 0 aliphatic heterocycles. The van der Waals surface area contributed by atoms with Crippen LogP contribution < -0.4 is 10.1 Å². The molecule has 0 aliphatic rings. The second kappa shape index (κ2) is 9.52. The van der Waals surface area contributed by atoms with Gasteiger partial charge in [-0.2, -0.15) is 0 Å². The van der Waals surface area contributed by atoms with E-state index in [1.54, 1.807) is 11.8 Å². The standard InChI is InChI=1S/C21H27NO2S/c1-5-18-8-6-7-17(4)21(18)22-20(23)14-25-10-9-24-19-12-15(2)11-16(3)13-19/h6-8,11-13H,5,9-10,14H2,1-4H3,(H,22,23). The van der Waals surface area contributed by atoms with Crippen LogP contribution in [-0.4, -0.2) is 24.0 Å². The predicted molar refractivity (Wildman–Crippen MR) is 108 cm³/mol. The zero-order chi connectivity index (χ0) is 18.2. The molecule has 0 fully saturated rings. The second-order valence-electron chi connectivity index (χ2n) is 6.24. The quantitative estimate of drug-likeness (QED) is 0.681. The molecule has 0 aromatic heterocycles. The Kier molecular flexibility index (Phi) is 7.38. The van der Waals surface area contributed by atoms with Gasteiger partial charge in [0.1, 0.15) is 5.75 Å². The third-order valence-electron chi connectivity index (χ3n) is 3.93. The Labute approximate surface area is 155 Å². The fraction of sp³-hybridized carbons (Fsp3) is 0.381. The van der Waals surface area contributed by atoms with Crippen LogP contribution in [0, 0.1) is 20.8 Å². The van der Waals surface area contributed by atoms with Gasteiger partial charge in [0.05, 0.1) is 12.4 Å². The highest BCUT2D eigenvalue weighted by atomic mass is 32.2. The van der Waals surface area contributed by atoms with Crippen LogP contribution in [0.5, 0.6) is 5.75 Å². The molecular weight excluding hydrogens is 330 g/mol. The van der Waals surface area contributed by atoms with Crippen molar-refractivity contribution in [1.29, 1.82) is 0 Å². The summed E-state index contributed by atoms with van der Waals surface area (Å²) < 4.78 is 5.77. The minimum Gasteiger partial charge on any atom is -0.493 e. The molecule has 2 rings (SSSR count). The summed E-state index contributed by atoms with van der Waals surface area (Å²) in [6.07, 6.45) is 0.911. The number of aryl methyl sites for hydroxylation is 4. The van der Waals surface area contributed by atoms with Gasteiger partial charge >= 0.3 is 0 Å². The Hall–Kier alpha value is -1.94. The van der Waals surface area contributed by atoms with Crippen LogP contribution in [0.4, 0.5) is 5.69 Å². The van der Waals surface area contributed by atoms with Gasteiger partial charge in [-0.15, -0.1) is 11.8 Å². The number of ether oxygens (including phenoxy) is 1. The molecule has 3 nitrogen and oxygen atoms in total. The summed E-state index contributed by atoms with van der Waals surface area (Å²) in [7, 11) is 0. The fourth-order valence-electron chi connectivity index (χ4n) is 2.78. The third kappa shape index (κ3) is 6.13. The van der Waals surface area contributed by atoms with E-state index >= 15 is 0 Å². The van der Waals surface area contributed by atoms with Crippen molar-refractivity contribution < 1.29 is 9.53 Å². The third-order valence-corrected chi connectivity index (χ3v) is 4.85. The SMILES string of the molecule is CCc1cccc(C)c1NC(=O)CSCCOc1cc(C)cc(C)c1. The predicted octanol–water partition coefficient (Wildman–Crippen LogP) is 4.92. The molecule has 25 heavy (non-hydrogen) atoms. The number of hydrogen-bond donors (Lipinski definition) is 1. The van der Waals surface area contributed by atoms with Crippen LogP contribution >= 0.6 is 11.8 Å². The number of rotatable bonds is 8. The van der Waals surface area contributed by atoms with Crippen LogP contribution in [-0.2, 0) is 11.2 Å². The number of amides is 1. The maximum absolute atomic E-state index is 12.2. The number of hydrogen-bond acceptors (Lipinski definition) is 3. The normalized spacial score (nSPS) is 10.6. The summed E-state index contributed by atoms with van der Waals surface area (Å²) in [5.74, 6) is 2.16. The minimum absolute atomic E-state index is 0.0420. The lowest BCUT2D eigenvalue weighted by molar-refractivity contribution is -0.113. The van der Waals surface area contributed by atoms with Gasteiger partial charge in [-0.25, -0.2) is 0 Å². The van der Waals surface area contributed by atoms with Crippen molar-refractivity contribution in [3.63, 3.8) is 0 Å². The van der Waals surface area contributed by atoms with Crippen LogP contribution in [0.3, 0.4) is 0 Å². The number of benzene rings is 2. The molecule has 1 amide bonds. The van der Waals surface area contributed by atoms with Gasteiger partial charge < -0.3 is 10.1 Å². The zero-order valence-electron chi connectivity index (χ0n) is 15.5. The molecule has 2 aromatic rings. The first-order valence-electron chi connectivity index (χ1n) is 8.66. The van der Waals surface area contributed by atoms with Gasteiger partial charge in [0.15, 0.2) is 0 Å². The molecule has 0 radical (unpaired) electrons. The number of carbonyl (C=O) groups is 1. The van der Waals surface area contributed by atoms with Gasteiger partial charge in [0, 0.05) is 11.4 Å². The molecule has 0 spiro atoms. The summed E-state index contributed by atoms with van der Waals surface area (Å²) in [6, 6.07) is 12.3. The Morgan fingerprint density at radius 1 is 1.12 bits per heavy atom. The molecule has 0 saturated heterocycles. The second-order valence-corrected chi connectivity index (χ2v) is 7.34. The van der Waals surface area contributed by atoms with Gasteiger partial charge in [-0.3, -0.25) is 4.79 Å². The first-order chi connectivity index (χ1) is 12.0. The van der Waals surface area contributed by atoms with Crippen molar-refractivity contribution in [2.45, 2.75) is 34.1 Å². The summed E-state index contributed by atoms with van der Waals surface area (Å²) >= 11 is 1.59. The molecule has 0 atom stereocenters. The van der Waals surface area contributed by atoms with Crippen molar-refractivity contribution in [2.75, 3.05) is 23.4 Å². The number of anilines is 1. The van der Waals surface area contributed by atoms with Gasteiger partial charge in [-0.05, 0) is 61.6 Å². The van der Waals surface area contributed by atoms with Crippen molar-refractivity contribution in [3.05, 3.63) is 58.7 Å². The maximum atomic E-state index is 12.2. The van der Waals surface area contributed by atoms with E-state index in [0.29, 0.717) is 12.4 Å². The van der Waals surface area contributed by atoms with E-state index < -0.39 is 0 Å². The highest BCUT2D eigenvalue weighted by Crippen LogP contribution is 2.21. The number of carbonyl (C=O) groups excluding carboxylic acids is 1. The molecule has 1 N–H and O–H groups in total. The van der Waals surface area contributed by atoms with Crippen molar-refractivity contribution in [3.8, 4) is 5.75 Å². The average molecular weight is 358 g/mol. The fourth-order valence-corrected chi connectivity index (χ4v) is 3.38. The topological polar surface area (TPSA) is 38.3 Å². The molecule has 2 aromatic carbocycles. The molecule has 4 heteroatoms. The van der Waals surface area contributed by atoms with E-state index in [1.165, 1.54) is 16.7 Å². The van der Waals surface area contributed by atoms with Gasteiger partial charge in [0.2, 0.25) is 5.91 Å². The Balaban J connectivity index is 1.74. The lowest BCUT2D eigenvalue weighted by Gasteiger charge is -2.13. The van der Waals surface area contributed by atoms with E-state index in [-0.39, 0.29) is 5.91 Å². The van der Waals surface area contributed by atoms with Crippen LogP contribution in [0.1, 0.15) is 29.2 Å². The van der Waals surface area contributed by atoms with Gasteiger partial charge in [-0.1, -0.05) is 31.2 Å². The number of thioether (sulfide) groups is 1. The Morgan fingerprint density at radius 2 is 1.84 bits per heavy atom. The molecule has 0 unspecified atom stereocenters. The van der Waals surface area contributed by atoms with Gasteiger partial charge in [0.25, 0.3) is 0 Å². The first kappa shape index (κ1) is 19.4. The Bertz CT molecular complexity index is 708. The van der Waals surface area contributed by atoms with Crippen LogP contribution in [0.15, 0.2) is 36.4 Å². The molecule has 134 valence electrons. The van der Waals surface area contributed by atoms with E-state index in [9.17, 15) is 4.79 Å². The lowest BCUT2D eigenvalue weighted by Crippen LogP contribution is -2.17. The first-order valence-corrected chi connectivity index (χ1v) is 9.82. The van der Waals surface area contributed by atoms with Crippen LogP contribution in [0.2, 0.25) is 0 Å². The Morgan fingerprint density at radius 3 is 2.52 bits per heavy atom. The largest absolute Gasteiger partial charge is 0.493 e. The number of para-hydroxylation sites is 1. The van der Waals surface area contributed by atoms with E-state index in [0.717, 1.165) is 29.2 Å². The van der Waals surface area contributed by atoms with E-state index in [1.807, 2.05) is 31.2 Å². The minimum atomic E-state index is 0.0420. The summed E-state index contributed by atoms with van der Waals surface area (Å²) in [4.78, 5) is 12.2. The molecule has 0 bridgehead atoms. The maximum Gasteiger partial charge on any atom is 0.234 e. The van der Waals surface area contributed by atoms with E-state index in [4.69, 9.17) is 4.74 Å². The lowest BCUT2D eigenvalue weighted by atomic mass is 10.1. The average Bonchev–Trinajstić information content (AvgIpc) is 2.55. The summed E-state index contributed by atoms with van der Waals surface area (Å²) in [5.41, 5.74) is 5.65. The van der Waals surface area contributed by atoms with Crippen molar-refractivity contribution >= 4 is 23.4 Å². The summed E-state index contributed by atoms with van der Waals surface area (Å²) in [5, 5.41) is 3.05.